The van der Waals surface area contributed by atoms with Crippen molar-refractivity contribution in [1.29, 1.82) is 0 Å². The first-order valence-electron chi connectivity index (χ1n) is 13.7. The molecule has 0 bridgehead atoms. The number of benzene rings is 1. The lowest BCUT2D eigenvalue weighted by Crippen LogP contribution is -2.54. The fourth-order valence-corrected chi connectivity index (χ4v) is 6.58. The van der Waals surface area contributed by atoms with Gasteiger partial charge >= 0.3 is 5.69 Å². The van der Waals surface area contributed by atoms with Crippen molar-refractivity contribution >= 4 is 32.6 Å². The highest BCUT2D eigenvalue weighted by Gasteiger charge is 2.32. The Kier molecular flexibility index (Phi) is 8.05. The molecule has 1 fully saturated rings. The number of rotatable bonds is 6. The summed E-state index contributed by atoms with van der Waals surface area (Å²) in [7, 11) is -4.01. The maximum atomic E-state index is 15.8. The van der Waals surface area contributed by atoms with Crippen molar-refractivity contribution in [3.63, 3.8) is 0 Å². The Hall–Kier alpha value is -4.59. The summed E-state index contributed by atoms with van der Waals surface area (Å²) in [5.74, 6) is -3.53. The van der Waals surface area contributed by atoms with E-state index in [0.717, 1.165) is 28.8 Å². The van der Waals surface area contributed by atoms with Crippen LogP contribution in [0.15, 0.2) is 58.9 Å². The summed E-state index contributed by atoms with van der Waals surface area (Å²) in [5.41, 5.74) is -2.77. The van der Waals surface area contributed by atoms with Crippen LogP contribution < -0.4 is 10.6 Å². The molecule has 4 aromatic rings. The zero-order valence-corrected chi connectivity index (χ0v) is 25.2. The summed E-state index contributed by atoms with van der Waals surface area (Å²) >= 11 is 0. The van der Waals surface area contributed by atoms with E-state index in [1.807, 2.05) is 0 Å². The second-order valence-electron chi connectivity index (χ2n) is 10.7. The maximum Gasteiger partial charge on any atom is 0.355 e. The first-order valence-corrected chi connectivity index (χ1v) is 15.3. The van der Waals surface area contributed by atoms with Crippen molar-refractivity contribution in [3.05, 3.63) is 82.8 Å². The molecule has 0 unspecified atom stereocenters. The van der Waals surface area contributed by atoms with Crippen molar-refractivity contribution in [3.8, 4) is 16.9 Å². The smallest absolute Gasteiger partial charge is 0.350 e. The summed E-state index contributed by atoms with van der Waals surface area (Å²) in [5, 5.41) is -0.907. The number of carbonyl (C=O) groups excluding carboxylic acids is 1. The minimum atomic E-state index is -4.01. The van der Waals surface area contributed by atoms with Gasteiger partial charge in [-0.15, -0.1) is 0 Å². The van der Waals surface area contributed by atoms with Crippen molar-refractivity contribution in [2.75, 3.05) is 24.5 Å². The van der Waals surface area contributed by atoms with Crippen molar-refractivity contribution in [2.45, 2.75) is 43.9 Å². The molecular weight excluding hydrogens is 597 g/mol. The van der Waals surface area contributed by atoms with Crippen LogP contribution in [0.3, 0.4) is 0 Å². The Balaban J connectivity index is 1.87. The highest BCUT2D eigenvalue weighted by molar-refractivity contribution is 7.92. The van der Waals surface area contributed by atoms with E-state index in [1.54, 1.807) is 16.7 Å². The minimum absolute atomic E-state index is 0.0150. The lowest BCUT2D eigenvalue weighted by Gasteiger charge is -2.40. The summed E-state index contributed by atoms with van der Waals surface area (Å²) in [4.78, 5) is 41.9. The lowest BCUT2D eigenvalue weighted by atomic mass is 10.1. The van der Waals surface area contributed by atoms with Crippen molar-refractivity contribution in [1.82, 2.24) is 24.4 Å². The van der Waals surface area contributed by atoms with Gasteiger partial charge in [0.1, 0.15) is 23.1 Å². The average molecular weight is 627 g/mol. The number of hydrogen-bond acceptors (Lipinski definition) is 8. The number of nitrogens with zero attached hydrogens (tertiary/aromatic N) is 6. The number of aromatic nitrogens is 4. The fourth-order valence-electron chi connectivity index (χ4n) is 5.32. The molecule has 0 N–H and O–H groups in total. The molecule has 0 saturated carbocycles. The van der Waals surface area contributed by atoms with E-state index >= 15 is 4.39 Å². The van der Waals surface area contributed by atoms with E-state index in [0.29, 0.717) is 0 Å². The monoisotopic (exact) mass is 626 g/mol. The standard InChI is InChI=1S/C30H29F3N6O4S/c1-6-24(40)37-12-13-38(17(4)15-37)28-19-14-22(33)26(25-20(31)8-7-9-21(25)32)35-29(19)39(30(41)36-28)27-18(5)34-11-10-23(27)44(42,43)16(2)3/h6-11,14,16-17H,1,12-13,15H2,2-5H3/t17-/m0/s1. The molecule has 1 saturated heterocycles. The topological polar surface area (TPSA) is 118 Å². The molecule has 14 heteroatoms. The average Bonchev–Trinajstić information content (AvgIpc) is 2.97. The molecule has 10 nitrogen and oxygen atoms in total. The molecule has 1 aliphatic rings. The zero-order valence-electron chi connectivity index (χ0n) is 24.4. The van der Waals surface area contributed by atoms with Gasteiger partial charge in [0.25, 0.3) is 0 Å². The normalized spacial score (nSPS) is 15.7. The van der Waals surface area contributed by atoms with Crippen molar-refractivity contribution < 1.29 is 26.4 Å². The summed E-state index contributed by atoms with van der Waals surface area (Å²) in [6.45, 7) is 10.4. The van der Waals surface area contributed by atoms with Gasteiger partial charge in [-0.2, -0.15) is 4.98 Å². The van der Waals surface area contributed by atoms with Gasteiger partial charge in [-0.1, -0.05) is 12.6 Å². The Morgan fingerprint density at radius 2 is 1.77 bits per heavy atom. The number of aryl methyl sites for hydroxylation is 1. The van der Waals surface area contributed by atoms with E-state index in [4.69, 9.17) is 0 Å². The van der Waals surface area contributed by atoms with Crippen LogP contribution in [0.4, 0.5) is 19.0 Å². The first-order chi connectivity index (χ1) is 20.8. The van der Waals surface area contributed by atoms with E-state index in [9.17, 15) is 26.8 Å². The Bertz CT molecular complexity index is 1980. The van der Waals surface area contributed by atoms with Crippen LogP contribution >= 0.6 is 0 Å². The molecule has 1 amide bonds. The van der Waals surface area contributed by atoms with Gasteiger partial charge < -0.3 is 9.80 Å². The Morgan fingerprint density at radius 3 is 2.39 bits per heavy atom. The largest absolute Gasteiger partial charge is 0.355 e. The number of anilines is 1. The van der Waals surface area contributed by atoms with E-state index < -0.39 is 55.5 Å². The predicted molar refractivity (Wildman–Crippen MR) is 159 cm³/mol. The summed E-state index contributed by atoms with van der Waals surface area (Å²) < 4.78 is 73.3. The SMILES string of the molecule is C=CC(=O)N1CCN(c2nc(=O)n(-c3c(S(=O)(=O)C(C)C)ccnc3C)c3nc(-c4c(F)cccc4F)c(F)cc23)[C@@H](C)C1. The molecule has 3 aromatic heterocycles. The van der Waals surface area contributed by atoms with E-state index in [-0.39, 0.29) is 58.7 Å². The third-order valence-corrected chi connectivity index (χ3v) is 9.79. The van der Waals surface area contributed by atoms with Gasteiger partial charge in [-0.3, -0.25) is 9.78 Å². The number of piperazine rings is 1. The number of sulfone groups is 1. The summed E-state index contributed by atoms with van der Waals surface area (Å²) in [6, 6.07) is 4.81. The molecule has 230 valence electrons. The molecule has 1 atom stereocenters. The van der Waals surface area contributed by atoms with E-state index in [1.165, 1.54) is 39.1 Å². The second kappa shape index (κ2) is 11.5. The minimum Gasteiger partial charge on any atom is -0.350 e. The van der Waals surface area contributed by atoms with Crippen LogP contribution in [0.1, 0.15) is 26.5 Å². The van der Waals surface area contributed by atoms with E-state index in [2.05, 4.69) is 21.5 Å². The third kappa shape index (κ3) is 5.12. The molecule has 0 spiro atoms. The summed E-state index contributed by atoms with van der Waals surface area (Å²) in [6.07, 6.45) is 2.47. The van der Waals surface area contributed by atoms with Gasteiger partial charge in [-0.05, 0) is 58.0 Å². The third-order valence-electron chi connectivity index (χ3n) is 7.61. The van der Waals surface area contributed by atoms with Crippen molar-refractivity contribution in [2.24, 2.45) is 0 Å². The molecule has 1 aliphatic heterocycles. The molecule has 1 aromatic carbocycles. The van der Waals surface area contributed by atoms with Crippen LogP contribution in [-0.4, -0.2) is 69.7 Å². The first kappa shape index (κ1) is 30.9. The number of amides is 1. The molecule has 0 aliphatic carbocycles. The van der Waals surface area contributed by atoms with Gasteiger partial charge in [0.05, 0.1) is 32.5 Å². The number of carbonyl (C=O) groups is 1. The lowest BCUT2D eigenvalue weighted by molar-refractivity contribution is -0.126. The fraction of sp³-hybridized carbons (Fsp3) is 0.300. The maximum absolute atomic E-state index is 15.8. The molecule has 44 heavy (non-hydrogen) atoms. The van der Waals surface area contributed by atoms with Crippen LogP contribution in [0.2, 0.25) is 0 Å². The van der Waals surface area contributed by atoms with Crippen LogP contribution in [0.25, 0.3) is 28.0 Å². The van der Waals surface area contributed by atoms with Gasteiger partial charge in [-0.25, -0.2) is 35.9 Å². The van der Waals surface area contributed by atoms with Gasteiger partial charge in [0.15, 0.2) is 21.3 Å². The highest BCUT2D eigenvalue weighted by Crippen LogP contribution is 2.35. The number of hydrogen-bond donors (Lipinski definition) is 0. The second-order valence-corrected chi connectivity index (χ2v) is 13.2. The predicted octanol–water partition coefficient (Wildman–Crippen LogP) is 3.97. The molecule has 4 heterocycles. The highest BCUT2D eigenvalue weighted by atomic mass is 32.2. The molecule has 5 rings (SSSR count). The number of halogens is 3. The Morgan fingerprint density at radius 1 is 1.09 bits per heavy atom. The van der Waals surface area contributed by atoms with Crippen LogP contribution in [-0.2, 0) is 14.6 Å². The van der Waals surface area contributed by atoms with Crippen LogP contribution in [0, 0.1) is 24.4 Å². The quantitative estimate of drug-likeness (QED) is 0.295. The molecular formula is C30H29F3N6O4S. The number of pyridine rings is 2. The zero-order chi connectivity index (χ0) is 32.1. The van der Waals surface area contributed by atoms with Gasteiger partial charge in [0, 0.05) is 31.9 Å². The van der Waals surface area contributed by atoms with Gasteiger partial charge in [0.2, 0.25) is 5.91 Å². The van der Waals surface area contributed by atoms with Crippen LogP contribution in [0.5, 0.6) is 0 Å². The Labute approximate surface area is 251 Å². The molecule has 0 radical (unpaired) electrons. The number of fused-ring (bicyclic) bond motifs is 1.